The molecule has 9 heteroatoms. The van der Waals surface area contributed by atoms with Crippen LogP contribution in [0.2, 0.25) is 0 Å². The lowest BCUT2D eigenvalue weighted by Crippen LogP contribution is -2.58. The van der Waals surface area contributed by atoms with Crippen molar-refractivity contribution < 1.29 is 14.0 Å². The van der Waals surface area contributed by atoms with Crippen molar-refractivity contribution in [2.45, 2.75) is 51.1 Å². The van der Waals surface area contributed by atoms with E-state index in [4.69, 9.17) is 5.73 Å². The Kier molecular flexibility index (Phi) is 10.0. The van der Waals surface area contributed by atoms with Gasteiger partial charge in [0.05, 0.1) is 12.0 Å². The van der Waals surface area contributed by atoms with Gasteiger partial charge >= 0.3 is 0 Å². The van der Waals surface area contributed by atoms with Crippen molar-refractivity contribution >= 4 is 42.3 Å². The molecule has 1 aromatic rings. The quantitative estimate of drug-likeness (QED) is 0.720. The second-order valence-electron chi connectivity index (χ2n) is 8.34. The van der Waals surface area contributed by atoms with Crippen molar-refractivity contribution in [2.75, 3.05) is 31.5 Å². The van der Waals surface area contributed by atoms with Crippen molar-refractivity contribution in [3.8, 4) is 0 Å². The molecule has 1 heterocycles. The van der Waals surface area contributed by atoms with Gasteiger partial charge in [-0.1, -0.05) is 18.9 Å². The molecule has 6 nitrogen and oxygen atoms in total. The van der Waals surface area contributed by atoms with Crippen LogP contribution in [0.3, 0.4) is 0 Å². The lowest BCUT2D eigenvalue weighted by atomic mass is 9.74. The summed E-state index contributed by atoms with van der Waals surface area (Å²) in [5.74, 6) is -0.512. The number of nitrogens with two attached hydrogens (primary N) is 1. The third kappa shape index (κ3) is 6.30. The van der Waals surface area contributed by atoms with E-state index in [0.29, 0.717) is 31.9 Å². The molecule has 1 aromatic carbocycles. The lowest BCUT2D eigenvalue weighted by Gasteiger charge is -2.43. The molecule has 2 aliphatic rings. The van der Waals surface area contributed by atoms with Crippen molar-refractivity contribution in [1.82, 2.24) is 9.80 Å². The minimum Gasteiger partial charge on any atom is -0.340 e. The van der Waals surface area contributed by atoms with Crippen LogP contribution >= 0.6 is 24.8 Å². The number of carbonyl (C=O) groups is 2. The SMILES string of the molecule is CC(C(=O)Nc1cccc(F)c1)N1CCN(C(=O)C2CCCCC2(C)N)CC1.Cl.Cl. The van der Waals surface area contributed by atoms with Crippen LogP contribution in [0, 0.1) is 11.7 Å². The van der Waals surface area contributed by atoms with E-state index in [1.54, 1.807) is 12.1 Å². The fraction of sp³-hybridized carbons (Fsp3) is 0.619. The highest BCUT2D eigenvalue weighted by atomic mass is 35.5. The van der Waals surface area contributed by atoms with E-state index < -0.39 is 5.54 Å². The summed E-state index contributed by atoms with van der Waals surface area (Å²) in [5, 5.41) is 2.76. The van der Waals surface area contributed by atoms with Gasteiger partial charge in [0, 0.05) is 37.4 Å². The number of nitrogens with zero attached hydrogens (tertiary/aromatic N) is 2. The Morgan fingerprint density at radius 1 is 1.20 bits per heavy atom. The summed E-state index contributed by atoms with van der Waals surface area (Å²) in [4.78, 5) is 29.4. The van der Waals surface area contributed by atoms with Gasteiger partial charge in [-0.05, 0) is 44.9 Å². The molecule has 0 spiro atoms. The zero-order chi connectivity index (χ0) is 20.3. The Balaban J connectivity index is 0.00000225. The summed E-state index contributed by atoms with van der Waals surface area (Å²) in [6, 6.07) is 5.52. The van der Waals surface area contributed by atoms with Crippen LogP contribution in [0.25, 0.3) is 0 Å². The van der Waals surface area contributed by atoms with Crippen molar-refractivity contribution in [2.24, 2.45) is 11.7 Å². The van der Waals surface area contributed by atoms with Crippen LogP contribution in [-0.2, 0) is 9.59 Å². The molecule has 1 aliphatic heterocycles. The average Bonchev–Trinajstić information content (AvgIpc) is 2.66. The van der Waals surface area contributed by atoms with E-state index in [0.717, 1.165) is 25.7 Å². The normalized spacial score (nSPS) is 25.5. The van der Waals surface area contributed by atoms with Crippen LogP contribution in [-0.4, -0.2) is 59.4 Å². The molecule has 0 bridgehead atoms. The van der Waals surface area contributed by atoms with Crippen LogP contribution in [0.5, 0.6) is 0 Å². The molecule has 3 N–H and O–H groups in total. The highest BCUT2D eigenvalue weighted by Gasteiger charge is 2.40. The monoisotopic (exact) mass is 462 g/mol. The van der Waals surface area contributed by atoms with Crippen LogP contribution in [0.1, 0.15) is 39.5 Å². The fourth-order valence-corrected chi connectivity index (χ4v) is 4.29. The van der Waals surface area contributed by atoms with E-state index >= 15 is 0 Å². The van der Waals surface area contributed by atoms with Crippen molar-refractivity contribution in [1.29, 1.82) is 0 Å². The van der Waals surface area contributed by atoms with E-state index in [1.165, 1.54) is 12.1 Å². The molecule has 170 valence electrons. The molecule has 3 atom stereocenters. The van der Waals surface area contributed by atoms with Gasteiger partial charge in [-0.15, -0.1) is 24.8 Å². The number of piperazine rings is 1. The standard InChI is InChI=1S/C21H31FN4O2.2ClH/c1-15(19(27)24-17-7-5-6-16(22)14-17)25-10-12-26(13-11-25)20(28)18-8-3-4-9-21(18,2)23;;/h5-7,14-15,18H,3-4,8-13,23H2,1-2H3,(H,24,27);2*1H. The van der Waals surface area contributed by atoms with Gasteiger partial charge < -0.3 is 16.0 Å². The van der Waals surface area contributed by atoms with Gasteiger partial charge in [-0.3, -0.25) is 14.5 Å². The topological polar surface area (TPSA) is 78.7 Å². The first-order valence-corrected chi connectivity index (χ1v) is 10.2. The maximum absolute atomic E-state index is 13.3. The Morgan fingerprint density at radius 2 is 1.87 bits per heavy atom. The Bertz CT molecular complexity index is 727. The summed E-state index contributed by atoms with van der Waals surface area (Å²) in [6.07, 6.45) is 3.89. The van der Waals surface area contributed by atoms with Gasteiger partial charge in [0.25, 0.3) is 0 Å². The number of hydrogen-bond acceptors (Lipinski definition) is 4. The first-order valence-electron chi connectivity index (χ1n) is 10.2. The molecule has 0 aromatic heterocycles. The molecular weight excluding hydrogens is 430 g/mol. The number of hydrogen-bond donors (Lipinski definition) is 2. The summed E-state index contributed by atoms with van der Waals surface area (Å²) >= 11 is 0. The maximum Gasteiger partial charge on any atom is 0.241 e. The molecule has 1 saturated heterocycles. The lowest BCUT2D eigenvalue weighted by molar-refractivity contribution is -0.141. The Morgan fingerprint density at radius 3 is 2.47 bits per heavy atom. The fourth-order valence-electron chi connectivity index (χ4n) is 4.29. The minimum atomic E-state index is -0.426. The minimum absolute atomic E-state index is 0. The third-order valence-corrected chi connectivity index (χ3v) is 6.20. The molecule has 0 radical (unpaired) electrons. The van der Waals surface area contributed by atoms with Gasteiger partial charge in [-0.25, -0.2) is 4.39 Å². The number of rotatable bonds is 4. The van der Waals surface area contributed by atoms with E-state index in [9.17, 15) is 14.0 Å². The number of benzene rings is 1. The summed E-state index contributed by atoms with van der Waals surface area (Å²) in [5.41, 5.74) is 6.41. The van der Waals surface area contributed by atoms with Crippen LogP contribution in [0.15, 0.2) is 24.3 Å². The number of anilines is 1. The summed E-state index contributed by atoms with van der Waals surface area (Å²) < 4.78 is 13.3. The molecule has 2 amide bonds. The van der Waals surface area contributed by atoms with Gasteiger partial charge in [0.15, 0.2) is 0 Å². The number of carbonyl (C=O) groups excluding carboxylic acids is 2. The van der Waals surface area contributed by atoms with Crippen LogP contribution < -0.4 is 11.1 Å². The molecule has 3 rings (SSSR count). The highest BCUT2D eigenvalue weighted by molar-refractivity contribution is 5.94. The smallest absolute Gasteiger partial charge is 0.241 e. The van der Waals surface area contributed by atoms with Gasteiger partial charge in [0.1, 0.15) is 5.82 Å². The zero-order valence-corrected chi connectivity index (χ0v) is 19.2. The first kappa shape index (κ1) is 26.6. The van der Waals surface area contributed by atoms with Crippen molar-refractivity contribution in [3.05, 3.63) is 30.1 Å². The first-order chi connectivity index (χ1) is 13.3. The largest absolute Gasteiger partial charge is 0.340 e. The molecule has 2 fully saturated rings. The molecule has 3 unspecified atom stereocenters. The average molecular weight is 463 g/mol. The van der Waals surface area contributed by atoms with Crippen molar-refractivity contribution in [3.63, 3.8) is 0 Å². The highest BCUT2D eigenvalue weighted by Crippen LogP contribution is 2.33. The Labute approximate surface area is 190 Å². The second-order valence-corrected chi connectivity index (χ2v) is 8.34. The molecule has 30 heavy (non-hydrogen) atoms. The third-order valence-electron chi connectivity index (χ3n) is 6.20. The molecule has 1 aliphatic carbocycles. The van der Waals surface area contributed by atoms with Gasteiger partial charge in [0.2, 0.25) is 11.8 Å². The summed E-state index contributed by atoms with van der Waals surface area (Å²) in [6.45, 7) is 6.30. The van der Waals surface area contributed by atoms with Crippen LogP contribution in [0.4, 0.5) is 10.1 Å². The van der Waals surface area contributed by atoms with E-state index in [-0.39, 0.29) is 54.4 Å². The summed E-state index contributed by atoms with van der Waals surface area (Å²) in [7, 11) is 0. The number of halogens is 3. The molecular formula is C21H33Cl2FN4O2. The number of amides is 2. The Hall–Kier alpha value is -1.41. The predicted octanol–water partition coefficient (Wildman–Crippen LogP) is 3.05. The zero-order valence-electron chi connectivity index (χ0n) is 17.6. The maximum atomic E-state index is 13.3. The van der Waals surface area contributed by atoms with E-state index in [2.05, 4.69) is 10.2 Å². The molecule has 1 saturated carbocycles. The predicted molar refractivity (Wildman–Crippen MR) is 122 cm³/mol. The van der Waals surface area contributed by atoms with E-state index in [1.807, 2.05) is 18.7 Å². The second kappa shape index (κ2) is 11.3. The number of nitrogens with one attached hydrogen (secondary N) is 1. The van der Waals surface area contributed by atoms with Gasteiger partial charge in [-0.2, -0.15) is 0 Å².